The first kappa shape index (κ1) is 27.4. The summed E-state index contributed by atoms with van der Waals surface area (Å²) in [5, 5.41) is 0. The smallest absolute Gasteiger partial charge is 0.123 e. The standard InChI is InChI=1S/C33H34FN3S/c1-5-7-8-10-24(3)25(4)33-21-27(22-35)32(36-30-15-13-29(34)14-16-30)20-28(33)17-18-37(23-33)38-31-12-9-11-26(6-2)19-31/h5-16,19-20,22H,2-4,17-18,21,23,35H2,1H3/b7-5-,10-8-,27-22?,36-32?. The summed E-state index contributed by atoms with van der Waals surface area (Å²) in [4.78, 5) is 6.00. The van der Waals surface area contributed by atoms with Crippen LogP contribution < -0.4 is 5.73 Å². The number of nitrogens with zero attached hydrogens (tertiary/aromatic N) is 2. The Morgan fingerprint density at radius 1 is 1.16 bits per heavy atom. The fraction of sp³-hybridized carbons (Fsp3) is 0.182. The second-order valence-electron chi connectivity index (χ2n) is 9.46. The van der Waals surface area contributed by atoms with Crippen molar-refractivity contribution in [1.29, 1.82) is 0 Å². The second kappa shape index (κ2) is 12.2. The van der Waals surface area contributed by atoms with Crippen LogP contribution in [0, 0.1) is 11.2 Å². The van der Waals surface area contributed by atoms with Gasteiger partial charge >= 0.3 is 0 Å². The average molecular weight is 524 g/mol. The largest absolute Gasteiger partial charge is 0.404 e. The first-order valence-electron chi connectivity index (χ1n) is 12.7. The van der Waals surface area contributed by atoms with Crippen molar-refractivity contribution >= 4 is 29.4 Å². The van der Waals surface area contributed by atoms with Crippen molar-refractivity contribution < 1.29 is 4.39 Å². The summed E-state index contributed by atoms with van der Waals surface area (Å²) in [5.74, 6) is -0.283. The molecular weight excluding hydrogens is 489 g/mol. The van der Waals surface area contributed by atoms with E-state index in [1.54, 1.807) is 30.3 Å². The zero-order valence-electron chi connectivity index (χ0n) is 21.9. The summed E-state index contributed by atoms with van der Waals surface area (Å²) in [6.45, 7) is 16.5. The highest BCUT2D eigenvalue weighted by Crippen LogP contribution is 2.52. The molecule has 3 nitrogen and oxygen atoms in total. The Kier molecular flexibility index (Phi) is 8.82. The van der Waals surface area contributed by atoms with Crippen LogP contribution in [0.3, 0.4) is 0 Å². The minimum absolute atomic E-state index is 0.283. The molecule has 0 aromatic heterocycles. The number of benzene rings is 2. The van der Waals surface area contributed by atoms with Gasteiger partial charge in [0.2, 0.25) is 0 Å². The van der Waals surface area contributed by atoms with Gasteiger partial charge in [0, 0.05) is 23.4 Å². The number of piperidine rings is 1. The Labute approximate surface area is 230 Å². The van der Waals surface area contributed by atoms with Crippen molar-refractivity contribution in [2.24, 2.45) is 16.1 Å². The van der Waals surface area contributed by atoms with Crippen LogP contribution in [0.5, 0.6) is 0 Å². The van der Waals surface area contributed by atoms with Gasteiger partial charge in [-0.15, -0.1) is 0 Å². The molecule has 1 unspecified atom stereocenters. The van der Waals surface area contributed by atoms with Gasteiger partial charge in [-0.1, -0.05) is 67.8 Å². The summed E-state index contributed by atoms with van der Waals surface area (Å²) in [6.07, 6.45) is 15.2. The van der Waals surface area contributed by atoms with Crippen molar-refractivity contribution in [3.05, 3.63) is 139 Å². The van der Waals surface area contributed by atoms with Gasteiger partial charge in [0.1, 0.15) is 5.82 Å². The summed E-state index contributed by atoms with van der Waals surface area (Å²) in [6, 6.07) is 14.6. The molecule has 2 N–H and O–H groups in total. The van der Waals surface area contributed by atoms with Gasteiger partial charge in [0.25, 0.3) is 0 Å². The Morgan fingerprint density at radius 2 is 1.95 bits per heavy atom. The van der Waals surface area contributed by atoms with Crippen LogP contribution >= 0.6 is 11.9 Å². The Morgan fingerprint density at radius 3 is 2.66 bits per heavy atom. The maximum Gasteiger partial charge on any atom is 0.123 e. The lowest BCUT2D eigenvalue weighted by molar-refractivity contribution is 0.267. The number of hydrogen-bond acceptors (Lipinski definition) is 4. The molecule has 2 aromatic rings. The molecule has 2 aliphatic rings. The van der Waals surface area contributed by atoms with Crippen LogP contribution in [0.15, 0.2) is 137 Å². The quantitative estimate of drug-likeness (QED) is 0.279. The highest BCUT2D eigenvalue weighted by Gasteiger charge is 2.45. The maximum atomic E-state index is 13.5. The minimum Gasteiger partial charge on any atom is -0.404 e. The molecule has 0 radical (unpaired) electrons. The van der Waals surface area contributed by atoms with Crippen LogP contribution in [-0.4, -0.2) is 23.1 Å². The molecule has 5 heteroatoms. The van der Waals surface area contributed by atoms with Gasteiger partial charge < -0.3 is 5.73 Å². The van der Waals surface area contributed by atoms with E-state index in [0.29, 0.717) is 12.1 Å². The number of rotatable bonds is 8. The molecular formula is C33H34FN3S. The fourth-order valence-electron chi connectivity index (χ4n) is 4.93. The molecule has 1 atom stereocenters. The van der Waals surface area contributed by atoms with Crippen molar-refractivity contribution in [2.75, 3.05) is 13.1 Å². The van der Waals surface area contributed by atoms with E-state index >= 15 is 0 Å². The van der Waals surface area contributed by atoms with Crippen molar-refractivity contribution in [1.82, 2.24) is 4.31 Å². The third kappa shape index (κ3) is 6.07. The van der Waals surface area contributed by atoms with Crippen LogP contribution in [0.1, 0.15) is 25.3 Å². The van der Waals surface area contributed by atoms with E-state index in [2.05, 4.69) is 54.4 Å². The van der Waals surface area contributed by atoms with E-state index in [-0.39, 0.29) is 11.2 Å². The van der Waals surface area contributed by atoms with Gasteiger partial charge in [-0.05, 0) is 103 Å². The number of fused-ring (bicyclic) bond motifs is 1. The van der Waals surface area contributed by atoms with E-state index < -0.39 is 0 Å². The predicted octanol–water partition coefficient (Wildman–Crippen LogP) is 8.36. The molecule has 4 rings (SSSR count). The third-order valence-corrected chi connectivity index (χ3v) is 8.03. The van der Waals surface area contributed by atoms with Crippen LogP contribution in [0.4, 0.5) is 10.1 Å². The van der Waals surface area contributed by atoms with E-state index in [1.165, 1.54) is 22.6 Å². The zero-order chi connectivity index (χ0) is 27.1. The minimum atomic E-state index is -0.369. The summed E-state index contributed by atoms with van der Waals surface area (Å²) >= 11 is 1.75. The van der Waals surface area contributed by atoms with Crippen molar-refractivity contribution in [2.45, 2.75) is 24.7 Å². The normalized spacial score (nSPS) is 22.1. The Hall–Kier alpha value is -3.67. The van der Waals surface area contributed by atoms with Crippen LogP contribution in [0.25, 0.3) is 6.08 Å². The van der Waals surface area contributed by atoms with E-state index in [1.807, 2.05) is 37.3 Å². The molecule has 1 aliphatic carbocycles. The first-order valence-corrected chi connectivity index (χ1v) is 13.5. The predicted molar refractivity (Wildman–Crippen MR) is 162 cm³/mol. The maximum absolute atomic E-state index is 13.5. The Bertz CT molecular complexity index is 1380. The summed E-state index contributed by atoms with van der Waals surface area (Å²) in [5.41, 5.74) is 12.5. The molecule has 0 spiro atoms. The Balaban J connectivity index is 1.73. The van der Waals surface area contributed by atoms with Crippen LogP contribution in [-0.2, 0) is 0 Å². The highest BCUT2D eigenvalue weighted by molar-refractivity contribution is 7.97. The second-order valence-corrected chi connectivity index (χ2v) is 10.6. The molecule has 0 bridgehead atoms. The number of nitrogens with two attached hydrogens (primary N) is 1. The van der Waals surface area contributed by atoms with Gasteiger partial charge in [0.15, 0.2) is 0 Å². The van der Waals surface area contributed by atoms with E-state index in [0.717, 1.165) is 47.5 Å². The van der Waals surface area contributed by atoms with E-state index in [4.69, 9.17) is 10.7 Å². The molecule has 38 heavy (non-hydrogen) atoms. The van der Waals surface area contributed by atoms with Crippen molar-refractivity contribution in [3.8, 4) is 0 Å². The summed E-state index contributed by atoms with van der Waals surface area (Å²) in [7, 11) is 0. The number of halogens is 1. The topological polar surface area (TPSA) is 41.6 Å². The number of hydrogen-bond donors (Lipinski definition) is 1. The monoisotopic (exact) mass is 523 g/mol. The van der Waals surface area contributed by atoms with E-state index in [9.17, 15) is 4.39 Å². The molecule has 1 heterocycles. The molecule has 1 fully saturated rings. The average Bonchev–Trinajstić information content (AvgIpc) is 2.93. The summed E-state index contributed by atoms with van der Waals surface area (Å²) < 4.78 is 15.9. The third-order valence-electron chi connectivity index (χ3n) is 7.00. The highest BCUT2D eigenvalue weighted by atomic mass is 32.2. The number of aliphatic imine (C=N–C) groups is 1. The molecule has 2 aromatic carbocycles. The lowest BCUT2D eigenvalue weighted by Crippen LogP contribution is -2.46. The lowest BCUT2D eigenvalue weighted by Gasteiger charge is -2.48. The SMILES string of the molecule is C=Cc1cccc(SN2CCC3=CC(=Nc4ccc(F)cc4)C(=CN)CC3(C(=C)C(=C)/C=C\C=C/C)C2)c1. The van der Waals surface area contributed by atoms with Gasteiger partial charge in [-0.3, -0.25) is 0 Å². The van der Waals surface area contributed by atoms with Crippen molar-refractivity contribution in [3.63, 3.8) is 0 Å². The fourth-order valence-corrected chi connectivity index (χ4v) is 6.03. The molecule has 0 saturated carbocycles. The molecule has 1 saturated heterocycles. The van der Waals surface area contributed by atoms with Gasteiger partial charge in [-0.25, -0.2) is 13.7 Å². The molecule has 1 aliphatic heterocycles. The lowest BCUT2D eigenvalue weighted by atomic mass is 9.62. The molecule has 194 valence electrons. The first-order chi connectivity index (χ1) is 18.4. The molecule has 0 amide bonds. The number of allylic oxidation sites excluding steroid dienone is 7. The zero-order valence-corrected chi connectivity index (χ0v) is 22.7. The van der Waals surface area contributed by atoms with Gasteiger partial charge in [0.05, 0.1) is 11.4 Å². The van der Waals surface area contributed by atoms with Crippen LogP contribution in [0.2, 0.25) is 0 Å². The van der Waals surface area contributed by atoms with Gasteiger partial charge in [-0.2, -0.15) is 0 Å².